The van der Waals surface area contributed by atoms with Crippen LogP contribution in [0.15, 0.2) is 79.3 Å². The number of imidazole rings is 1. The number of aromatic amines is 1. The van der Waals surface area contributed by atoms with Gasteiger partial charge in [-0.2, -0.15) is 0 Å². The Kier molecular flexibility index (Phi) is 15.6. The van der Waals surface area contributed by atoms with E-state index in [1.807, 2.05) is 74.5 Å². The Labute approximate surface area is 299 Å². The summed E-state index contributed by atoms with van der Waals surface area (Å²) in [5, 5.41) is 21.6. The highest BCUT2D eigenvalue weighted by atomic mass is 16.6. The minimum absolute atomic E-state index is 0.00620. The number of hydrogen-bond acceptors (Lipinski definition) is 8. The summed E-state index contributed by atoms with van der Waals surface area (Å²) >= 11 is 0. The molecule has 1 heterocycles. The molecule has 3 rings (SSSR count). The van der Waals surface area contributed by atoms with E-state index in [1.165, 1.54) is 12.5 Å². The number of benzene rings is 2. The largest absolute Gasteiger partial charge is 0.444 e. The molecule has 51 heavy (non-hydrogen) atoms. The summed E-state index contributed by atoms with van der Waals surface area (Å²) in [6.45, 7) is 8.91. The molecule has 13 heteroatoms. The average Bonchev–Trinajstić information content (AvgIpc) is 3.57. The first kappa shape index (κ1) is 40.1. The van der Waals surface area contributed by atoms with Gasteiger partial charge in [-0.3, -0.25) is 24.5 Å². The highest BCUT2D eigenvalue weighted by Crippen LogP contribution is 2.14. The maximum absolute atomic E-state index is 13.8. The summed E-state index contributed by atoms with van der Waals surface area (Å²) < 4.78 is 5.40. The van der Waals surface area contributed by atoms with E-state index in [1.54, 1.807) is 32.9 Å². The lowest BCUT2D eigenvalue weighted by Gasteiger charge is -2.29. The van der Waals surface area contributed by atoms with Crippen LogP contribution in [0.3, 0.4) is 0 Å². The molecule has 0 aliphatic carbocycles. The second kappa shape index (κ2) is 19.8. The van der Waals surface area contributed by atoms with Gasteiger partial charge in [0, 0.05) is 31.2 Å². The number of imide groups is 1. The zero-order valence-corrected chi connectivity index (χ0v) is 29.8. The number of amides is 5. The van der Waals surface area contributed by atoms with Gasteiger partial charge in [0.25, 0.3) is 0 Å². The fourth-order valence-electron chi connectivity index (χ4n) is 5.17. The van der Waals surface area contributed by atoms with Crippen molar-refractivity contribution in [1.82, 2.24) is 31.2 Å². The van der Waals surface area contributed by atoms with E-state index in [-0.39, 0.29) is 25.2 Å². The van der Waals surface area contributed by atoms with Crippen LogP contribution in [0.25, 0.3) is 6.08 Å². The van der Waals surface area contributed by atoms with Crippen LogP contribution in [0.5, 0.6) is 0 Å². The van der Waals surface area contributed by atoms with Crippen LogP contribution in [-0.4, -0.2) is 74.6 Å². The van der Waals surface area contributed by atoms with Crippen LogP contribution in [-0.2, 0) is 36.8 Å². The third-order valence-electron chi connectivity index (χ3n) is 7.51. The van der Waals surface area contributed by atoms with Gasteiger partial charge in [-0.25, -0.2) is 9.78 Å². The van der Waals surface area contributed by atoms with Gasteiger partial charge in [0.1, 0.15) is 17.7 Å². The fraction of sp³-hybridized carbons (Fsp3) is 0.421. The normalized spacial score (nSPS) is 13.9. The lowest BCUT2D eigenvalue weighted by Crippen LogP contribution is -2.57. The molecular formula is C38H50N6O7. The van der Waals surface area contributed by atoms with E-state index in [2.05, 4.69) is 31.2 Å². The number of carbonyl (C=O) groups is 5. The van der Waals surface area contributed by atoms with Crippen LogP contribution in [0.2, 0.25) is 0 Å². The molecule has 274 valence electrons. The Morgan fingerprint density at radius 2 is 1.49 bits per heavy atom. The van der Waals surface area contributed by atoms with Crippen molar-refractivity contribution in [3.63, 3.8) is 0 Å². The zero-order chi connectivity index (χ0) is 37.4. The number of H-pyrrole nitrogens is 1. The average molecular weight is 703 g/mol. The second-order valence-electron chi connectivity index (χ2n) is 13.7. The standard InChI is InChI=1S/C38H50N6O7/c1-25(2)19-29(32(45)22-34(47)44-33(46)18-12-17-26-13-8-6-9-14-26)41-36(49)31(21-28-23-39-24-40-28)42-35(48)30(20-27-15-10-7-11-16-27)43-37(50)51-38(3,4)5/h6-17,23-25,29-32,45H,18-22H2,1-5H3,(H,39,40)(H,41,49)(H,42,48)(H,43,50)(H,44,46,47)/b17-12+/t29-,30-,31-,32-/m0/s1. The van der Waals surface area contributed by atoms with Crippen LogP contribution in [0.1, 0.15) is 70.7 Å². The van der Waals surface area contributed by atoms with Gasteiger partial charge in [-0.15, -0.1) is 0 Å². The molecule has 0 aliphatic rings. The molecule has 0 bridgehead atoms. The Balaban J connectivity index is 1.72. The van der Waals surface area contributed by atoms with Gasteiger partial charge >= 0.3 is 6.09 Å². The van der Waals surface area contributed by atoms with Gasteiger partial charge in [0.15, 0.2) is 0 Å². The molecule has 4 atom stereocenters. The Morgan fingerprint density at radius 1 is 0.863 bits per heavy atom. The van der Waals surface area contributed by atoms with Crippen LogP contribution >= 0.6 is 0 Å². The van der Waals surface area contributed by atoms with Crippen molar-refractivity contribution in [3.8, 4) is 0 Å². The van der Waals surface area contributed by atoms with Gasteiger partial charge < -0.3 is 30.8 Å². The first-order chi connectivity index (χ1) is 24.2. The van der Waals surface area contributed by atoms with Crippen molar-refractivity contribution in [2.24, 2.45) is 5.92 Å². The summed E-state index contributed by atoms with van der Waals surface area (Å²) in [5.41, 5.74) is 1.42. The highest BCUT2D eigenvalue weighted by molar-refractivity contribution is 5.96. The van der Waals surface area contributed by atoms with E-state index in [0.717, 1.165) is 11.1 Å². The van der Waals surface area contributed by atoms with Gasteiger partial charge in [-0.1, -0.05) is 86.7 Å². The summed E-state index contributed by atoms with van der Waals surface area (Å²) in [4.78, 5) is 72.4. The van der Waals surface area contributed by atoms with E-state index < -0.39 is 66.0 Å². The number of aliphatic hydroxyl groups excluding tert-OH is 1. The molecule has 2 aromatic carbocycles. The van der Waals surface area contributed by atoms with Crippen molar-refractivity contribution >= 4 is 35.8 Å². The maximum atomic E-state index is 13.8. The molecule has 0 unspecified atom stereocenters. The molecule has 0 fully saturated rings. The molecule has 13 nitrogen and oxygen atoms in total. The summed E-state index contributed by atoms with van der Waals surface area (Å²) in [6.07, 6.45) is 4.18. The minimum atomic E-state index is -1.34. The Hall–Kier alpha value is -5.30. The number of nitrogens with one attached hydrogen (secondary N) is 5. The number of hydrogen-bond donors (Lipinski definition) is 6. The van der Waals surface area contributed by atoms with Crippen LogP contribution < -0.4 is 21.3 Å². The predicted molar refractivity (Wildman–Crippen MR) is 193 cm³/mol. The number of carbonyl (C=O) groups excluding carboxylic acids is 5. The first-order valence-corrected chi connectivity index (χ1v) is 17.0. The van der Waals surface area contributed by atoms with Crippen molar-refractivity contribution in [1.29, 1.82) is 0 Å². The number of rotatable bonds is 17. The number of aliphatic hydroxyl groups is 1. The predicted octanol–water partition coefficient (Wildman–Crippen LogP) is 3.60. The molecule has 0 saturated carbocycles. The third-order valence-corrected chi connectivity index (χ3v) is 7.51. The SMILES string of the molecule is CC(C)C[C@H](NC(=O)[C@H](Cc1cnc[nH]1)NC(=O)[C@H](Cc1ccccc1)NC(=O)OC(C)(C)C)[C@@H](O)CC(=O)NC(=O)C/C=C/c1ccccc1. The summed E-state index contributed by atoms with van der Waals surface area (Å²) in [7, 11) is 0. The summed E-state index contributed by atoms with van der Waals surface area (Å²) in [6, 6.07) is 15.3. The Morgan fingerprint density at radius 3 is 2.10 bits per heavy atom. The maximum Gasteiger partial charge on any atom is 0.408 e. The molecule has 3 aromatic rings. The molecule has 0 spiro atoms. The molecule has 1 aromatic heterocycles. The topological polar surface area (TPSA) is 192 Å². The smallest absolute Gasteiger partial charge is 0.408 e. The molecule has 5 amide bonds. The fourth-order valence-corrected chi connectivity index (χ4v) is 5.17. The quantitative estimate of drug-likeness (QED) is 0.123. The third kappa shape index (κ3) is 15.4. The lowest BCUT2D eigenvalue weighted by molar-refractivity contribution is -0.133. The number of alkyl carbamates (subject to hydrolysis) is 1. The van der Waals surface area contributed by atoms with Crippen molar-refractivity contribution in [2.45, 2.75) is 96.6 Å². The van der Waals surface area contributed by atoms with E-state index in [0.29, 0.717) is 12.1 Å². The number of ether oxygens (including phenoxy) is 1. The highest BCUT2D eigenvalue weighted by Gasteiger charge is 2.32. The zero-order valence-electron chi connectivity index (χ0n) is 29.8. The first-order valence-electron chi connectivity index (χ1n) is 17.0. The molecule has 0 aliphatic heterocycles. The van der Waals surface area contributed by atoms with E-state index in [9.17, 15) is 29.1 Å². The second-order valence-corrected chi connectivity index (χ2v) is 13.7. The molecule has 0 radical (unpaired) electrons. The van der Waals surface area contributed by atoms with Gasteiger partial charge in [-0.05, 0) is 44.2 Å². The van der Waals surface area contributed by atoms with Crippen molar-refractivity contribution in [3.05, 3.63) is 96.1 Å². The summed E-state index contributed by atoms with van der Waals surface area (Å²) in [5.74, 6) is -2.48. The van der Waals surface area contributed by atoms with Gasteiger partial charge in [0.2, 0.25) is 23.6 Å². The monoisotopic (exact) mass is 702 g/mol. The molecule has 6 N–H and O–H groups in total. The number of nitrogens with zero attached hydrogens (tertiary/aromatic N) is 1. The lowest BCUT2D eigenvalue weighted by atomic mass is 9.96. The van der Waals surface area contributed by atoms with E-state index >= 15 is 0 Å². The van der Waals surface area contributed by atoms with E-state index in [4.69, 9.17) is 4.74 Å². The van der Waals surface area contributed by atoms with Crippen LogP contribution in [0.4, 0.5) is 4.79 Å². The van der Waals surface area contributed by atoms with Crippen molar-refractivity contribution in [2.75, 3.05) is 0 Å². The molecule has 0 saturated heterocycles. The Bertz CT molecular complexity index is 1590. The molecular weight excluding hydrogens is 652 g/mol. The van der Waals surface area contributed by atoms with Gasteiger partial charge in [0.05, 0.1) is 24.9 Å². The minimum Gasteiger partial charge on any atom is -0.444 e. The van der Waals surface area contributed by atoms with Crippen LogP contribution in [0, 0.1) is 5.92 Å². The number of aromatic nitrogens is 2. The van der Waals surface area contributed by atoms with Crippen molar-refractivity contribution < 1.29 is 33.8 Å².